The molecule has 5 nitrogen and oxygen atoms in total. The largest absolute Gasteiger partial charge is 0.480 e. The van der Waals surface area contributed by atoms with Gasteiger partial charge < -0.3 is 10.0 Å². The van der Waals surface area contributed by atoms with Gasteiger partial charge in [-0.15, -0.1) is 0 Å². The molecular weight excluding hydrogens is 214 g/mol. The van der Waals surface area contributed by atoms with Crippen LogP contribution in [0.5, 0.6) is 0 Å². The van der Waals surface area contributed by atoms with Crippen molar-refractivity contribution in [3.63, 3.8) is 0 Å². The number of hydrogen-bond acceptors (Lipinski definition) is 5. The van der Waals surface area contributed by atoms with E-state index in [1.54, 1.807) is 4.90 Å². The van der Waals surface area contributed by atoms with Crippen LogP contribution >= 0.6 is 11.5 Å². The fourth-order valence-electron chi connectivity index (χ4n) is 1.34. The van der Waals surface area contributed by atoms with Gasteiger partial charge in [0.15, 0.2) is 0 Å². The molecule has 1 heterocycles. The fraction of sp³-hybridized carbons (Fsp3) is 0.667. The Kier molecular flexibility index (Phi) is 2.86. The maximum absolute atomic E-state index is 10.6. The van der Waals surface area contributed by atoms with E-state index in [1.165, 1.54) is 24.4 Å². The van der Waals surface area contributed by atoms with Crippen LogP contribution in [0, 0.1) is 0 Å². The molecule has 1 aromatic heterocycles. The maximum atomic E-state index is 10.6. The average molecular weight is 227 g/mol. The zero-order valence-corrected chi connectivity index (χ0v) is 9.33. The van der Waals surface area contributed by atoms with Gasteiger partial charge in [-0.05, 0) is 19.8 Å². The van der Waals surface area contributed by atoms with Crippen molar-refractivity contribution in [1.29, 1.82) is 0 Å². The lowest BCUT2D eigenvalue weighted by molar-refractivity contribution is -0.135. The molecule has 82 valence electrons. The topological polar surface area (TPSA) is 66.3 Å². The van der Waals surface area contributed by atoms with E-state index in [0.29, 0.717) is 12.5 Å². The Morgan fingerprint density at radius 1 is 1.67 bits per heavy atom. The van der Waals surface area contributed by atoms with E-state index in [2.05, 4.69) is 9.36 Å². The molecule has 1 N–H and O–H groups in total. The van der Waals surface area contributed by atoms with Gasteiger partial charge in [0.05, 0.1) is 0 Å². The Bertz CT molecular complexity index is 362. The number of anilines is 1. The highest BCUT2D eigenvalue weighted by atomic mass is 32.1. The van der Waals surface area contributed by atoms with Crippen molar-refractivity contribution in [3.05, 3.63) is 5.82 Å². The lowest BCUT2D eigenvalue weighted by Gasteiger charge is -2.15. The minimum absolute atomic E-state index is 0.00417. The second-order valence-corrected chi connectivity index (χ2v) is 4.35. The highest BCUT2D eigenvalue weighted by Gasteiger charge is 2.28. The van der Waals surface area contributed by atoms with Gasteiger partial charge in [0, 0.05) is 24.0 Å². The molecule has 0 spiro atoms. The molecule has 1 saturated carbocycles. The van der Waals surface area contributed by atoms with Crippen molar-refractivity contribution in [1.82, 2.24) is 9.36 Å². The van der Waals surface area contributed by atoms with Crippen molar-refractivity contribution in [3.8, 4) is 0 Å². The standard InChI is InChI=1S/C9H13N3O2S/c1-2-12(5-7(13)14)9-10-8(11-15-9)6-3-4-6/h6H,2-5H2,1H3,(H,13,14). The molecule has 1 aromatic rings. The zero-order chi connectivity index (χ0) is 10.8. The third-order valence-electron chi connectivity index (χ3n) is 2.35. The van der Waals surface area contributed by atoms with Gasteiger partial charge in [0.25, 0.3) is 0 Å². The van der Waals surface area contributed by atoms with Gasteiger partial charge in [-0.2, -0.15) is 4.37 Å². The number of rotatable bonds is 5. The first-order valence-corrected chi connectivity index (χ1v) is 5.78. The van der Waals surface area contributed by atoms with E-state index < -0.39 is 5.97 Å². The van der Waals surface area contributed by atoms with E-state index in [9.17, 15) is 4.79 Å². The molecule has 1 aliphatic carbocycles. The summed E-state index contributed by atoms with van der Waals surface area (Å²) in [6.07, 6.45) is 2.34. The quantitative estimate of drug-likeness (QED) is 0.822. The second-order valence-electron chi connectivity index (χ2n) is 3.62. The molecule has 0 radical (unpaired) electrons. The molecule has 1 aliphatic rings. The van der Waals surface area contributed by atoms with E-state index in [1.807, 2.05) is 6.92 Å². The maximum Gasteiger partial charge on any atom is 0.323 e. The summed E-state index contributed by atoms with van der Waals surface area (Å²) in [5, 5.41) is 9.44. The van der Waals surface area contributed by atoms with Crippen molar-refractivity contribution < 1.29 is 9.90 Å². The van der Waals surface area contributed by atoms with Crippen LogP contribution in [-0.4, -0.2) is 33.5 Å². The van der Waals surface area contributed by atoms with Crippen molar-refractivity contribution in [2.45, 2.75) is 25.7 Å². The van der Waals surface area contributed by atoms with E-state index in [4.69, 9.17) is 5.11 Å². The molecule has 0 atom stereocenters. The summed E-state index contributed by atoms with van der Waals surface area (Å²) in [4.78, 5) is 16.7. The Morgan fingerprint density at radius 2 is 2.40 bits per heavy atom. The number of aliphatic carboxylic acids is 1. The first-order valence-electron chi connectivity index (χ1n) is 5.01. The minimum atomic E-state index is -0.833. The Balaban J connectivity index is 2.07. The second kappa shape index (κ2) is 4.14. The Hall–Kier alpha value is -1.17. The molecule has 0 unspecified atom stereocenters. The first-order chi connectivity index (χ1) is 7.20. The number of carboxylic acids is 1. The van der Waals surface area contributed by atoms with Crippen LogP contribution in [0.25, 0.3) is 0 Å². The number of carboxylic acid groups (broad SMARTS) is 1. The molecule has 15 heavy (non-hydrogen) atoms. The summed E-state index contributed by atoms with van der Waals surface area (Å²) >= 11 is 1.29. The van der Waals surface area contributed by atoms with Crippen molar-refractivity contribution in [2.24, 2.45) is 0 Å². The number of nitrogens with zero attached hydrogens (tertiary/aromatic N) is 3. The molecule has 0 saturated heterocycles. The first kappa shape index (κ1) is 10.4. The Labute approximate surface area is 91.9 Å². The van der Waals surface area contributed by atoms with Crippen molar-refractivity contribution >= 4 is 22.6 Å². The molecule has 0 amide bonds. The van der Waals surface area contributed by atoms with Crippen LogP contribution in [-0.2, 0) is 4.79 Å². The third kappa shape index (κ3) is 2.44. The molecular formula is C9H13N3O2S. The van der Waals surface area contributed by atoms with Crippen LogP contribution in [0.4, 0.5) is 5.13 Å². The van der Waals surface area contributed by atoms with Gasteiger partial charge in [-0.3, -0.25) is 4.79 Å². The summed E-state index contributed by atoms with van der Waals surface area (Å²) in [6.45, 7) is 2.56. The number of likely N-dealkylation sites (N-methyl/N-ethyl adjacent to an activating group) is 1. The van der Waals surface area contributed by atoms with Crippen LogP contribution in [0.15, 0.2) is 0 Å². The summed E-state index contributed by atoms with van der Waals surface area (Å²) in [5.41, 5.74) is 0. The van der Waals surface area contributed by atoms with Crippen LogP contribution < -0.4 is 4.90 Å². The van der Waals surface area contributed by atoms with Gasteiger partial charge in [-0.25, -0.2) is 4.98 Å². The lowest BCUT2D eigenvalue weighted by atomic mass is 10.4. The highest BCUT2D eigenvalue weighted by molar-refractivity contribution is 7.09. The van der Waals surface area contributed by atoms with E-state index in [0.717, 1.165) is 11.0 Å². The highest BCUT2D eigenvalue weighted by Crippen LogP contribution is 2.39. The molecule has 0 aliphatic heterocycles. The number of hydrogen-bond donors (Lipinski definition) is 1. The smallest absolute Gasteiger partial charge is 0.323 e. The molecule has 0 bridgehead atoms. The lowest BCUT2D eigenvalue weighted by Crippen LogP contribution is -2.29. The SMILES string of the molecule is CCN(CC(=O)O)c1nc(C2CC2)ns1. The Morgan fingerprint density at radius 3 is 2.93 bits per heavy atom. The predicted molar refractivity (Wildman–Crippen MR) is 57.4 cm³/mol. The summed E-state index contributed by atoms with van der Waals surface area (Å²) in [7, 11) is 0. The number of carbonyl (C=O) groups is 1. The summed E-state index contributed by atoms with van der Waals surface area (Å²) < 4.78 is 4.25. The normalized spacial score (nSPS) is 15.3. The van der Waals surface area contributed by atoms with E-state index >= 15 is 0 Å². The molecule has 0 aromatic carbocycles. The minimum Gasteiger partial charge on any atom is -0.480 e. The summed E-state index contributed by atoms with van der Waals surface area (Å²) in [6, 6.07) is 0. The monoisotopic (exact) mass is 227 g/mol. The van der Waals surface area contributed by atoms with Gasteiger partial charge in [0.2, 0.25) is 5.13 Å². The molecule has 6 heteroatoms. The predicted octanol–water partition coefficient (Wildman–Crippen LogP) is 1.33. The third-order valence-corrected chi connectivity index (χ3v) is 3.14. The van der Waals surface area contributed by atoms with Crippen LogP contribution in [0.1, 0.15) is 31.5 Å². The summed E-state index contributed by atoms with van der Waals surface area (Å²) in [5.74, 6) is 0.581. The fourth-order valence-corrected chi connectivity index (χ4v) is 2.15. The van der Waals surface area contributed by atoms with Gasteiger partial charge in [-0.1, -0.05) is 0 Å². The molecule has 2 rings (SSSR count). The van der Waals surface area contributed by atoms with Crippen LogP contribution in [0.2, 0.25) is 0 Å². The average Bonchev–Trinajstić information content (AvgIpc) is 2.93. The zero-order valence-electron chi connectivity index (χ0n) is 8.51. The van der Waals surface area contributed by atoms with Crippen LogP contribution in [0.3, 0.4) is 0 Å². The number of aromatic nitrogens is 2. The molecule has 1 fully saturated rings. The van der Waals surface area contributed by atoms with E-state index in [-0.39, 0.29) is 6.54 Å². The van der Waals surface area contributed by atoms with Crippen molar-refractivity contribution in [2.75, 3.05) is 18.0 Å². The van der Waals surface area contributed by atoms with Gasteiger partial charge in [0.1, 0.15) is 12.4 Å². The van der Waals surface area contributed by atoms with Gasteiger partial charge >= 0.3 is 5.97 Å².